The molecule has 1 aromatic carbocycles. The zero-order valence-corrected chi connectivity index (χ0v) is 26.9. The number of ether oxygens (including phenoxy) is 1. The van der Waals surface area contributed by atoms with Crippen molar-refractivity contribution < 1.29 is 13.5 Å². The average Bonchev–Trinajstić information content (AvgIpc) is 3.77. The van der Waals surface area contributed by atoms with Gasteiger partial charge in [0.25, 0.3) is 5.88 Å². The minimum atomic E-state index is -0.651. The first-order chi connectivity index (χ1) is 22.4. The van der Waals surface area contributed by atoms with Crippen molar-refractivity contribution in [3.05, 3.63) is 48.6 Å². The lowest BCUT2D eigenvalue weighted by Gasteiger charge is -2.58. The second kappa shape index (κ2) is 12.0. The van der Waals surface area contributed by atoms with E-state index in [0.29, 0.717) is 59.4 Å². The Kier molecular flexibility index (Phi) is 7.87. The highest BCUT2D eigenvalue weighted by molar-refractivity contribution is 5.73. The smallest absolute Gasteiger partial charge is 0.282 e. The van der Waals surface area contributed by atoms with Gasteiger partial charge in [0.1, 0.15) is 30.4 Å². The van der Waals surface area contributed by atoms with Crippen LogP contribution in [0.25, 0.3) is 11.1 Å². The van der Waals surface area contributed by atoms with Gasteiger partial charge in [0.15, 0.2) is 5.82 Å². The van der Waals surface area contributed by atoms with Crippen molar-refractivity contribution in [2.45, 2.75) is 83.0 Å². The lowest BCUT2D eigenvalue weighted by molar-refractivity contribution is -0.0837. The number of hydrogen-bond donors (Lipinski definition) is 0. The number of aromatic nitrogens is 5. The molecule has 1 spiro atoms. The first-order valence-electron chi connectivity index (χ1n) is 17.2. The highest BCUT2D eigenvalue weighted by Crippen LogP contribution is 2.49. The van der Waals surface area contributed by atoms with Gasteiger partial charge in [0.05, 0.1) is 5.69 Å². The third-order valence-electron chi connectivity index (χ3n) is 11.2. The molecule has 8 rings (SSSR count). The summed E-state index contributed by atoms with van der Waals surface area (Å²) in [4.78, 5) is 20.8. The van der Waals surface area contributed by atoms with Gasteiger partial charge in [-0.3, -0.25) is 9.80 Å². The van der Waals surface area contributed by atoms with Gasteiger partial charge in [0.2, 0.25) is 0 Å². The van der Waals surface area contributed by atoms with E-state index in [-0.39, 0.29) is 11.2 Å². The van der Waals surface area contributed by atoms with Crippen molar-refractivity contribution in [1.29, 1.82) is 0 Å². The van der Waals surface area contributed by atoms with E-state index < -0.39 is 6.17 Å². The maximum Gasteiger partial charge on any atom is 0.282 e. The minimum absolute atomic E-state index is 0.217. The third kappa shape index (κ3) is 5.74. The number of nitrogens with zero attached hydrogens (tertiary/aromatic N) is 8. The van der Waals surface area contributed by atoms with E-state index in [9.17, 15) is 8.78 Å². The summed E-state index contributed by atoms with van der Waals surface area (Å²) in [5, 5.41) is 8.41. The fourth-order valence-electron chi connectivity index (χ4n) is 8.83. The summed E-state index contributed by atoms with van der Waals surface area (Å²) in [5.74, 6) is 2.76. The molecule has 3 aliphatic heterocycles. The molecule has 0 unspecified atom stereocenters. The van der Waals surface area contributed by atoms with Crippen molar-refractivity contribution >= 4 is 5.82 Å². The standard InChI is InChI=1S/C35H44F2N8O/c1-22(2)32(24-12-27(13-24)43-10-3-4-26(37)16-43)45-18-35(19-45)9-11-44(17-35)33-34(42-41-21-40-33)46-30-8-7-25(36)14-28(30)29-15-38-20-39-31(29)23-5-6-23/h7-8,14-15,20-24,26-27,32H,3-6,9-13,16-19H2,1-2H3/t24?,26-,27?,32+/m0/s1. The molecule has 5 aliphatic rings. The van der Waals surface area contributed by atoms with E-state index in [1.54, 1.807) is 18.6 Å². The largest absolute Gasteiger partial charge is 0.434 e. The number of hydrogen-bond acceptors (Lipinski definition) is 9. The van der Waals surface area contributed by atoms with Crippen LogP contribution in [0.4, 0.5) is 14.6 Å². The van der Waals surface area contributed by atoms with E-state index in [4.69, 9.17) is 4.74 Å². The van der Waals surface area contributed by atoms with E-state index in [2.05, 4.69) is 53.7 Å². The number of benzene rings is 1. The molecule has 5 heterocycles. The molecule has 244 valence electrons. The molecule has 0 radical (unpaired) electrons. The first-order valence-corrected chi connectivity index (χ1v) is 17.2. The molecular weight excluding hydrogens is 586 g/mol. The van der Waals surface area contributed by atoms with Gasteiger partial charge < -0.3 is 9.64 Å². The van der Waals surface area contributed by atoms with Gasteiger partial charge in [-0.25, -0.2) is 23.7 Å². The third-order valence-corrected chi connectivity index (χ3v) is 11.2. The van der Waals surface area contributed by atoms with E-state index in [0.717, 1.165) is 76.1 Å². The number of alkyl halides is 1. The first kappa shape index (κ1) is 30.1. The van der Waals surface area contributed by atoms with Gasteiger partial charge in [-0.05, 0) is 81.5 Å². The topological polar surface area (TPSA) is 83.4 Å². The minimum Gasteiger partial charge on any atom is -0.434 e. The highest BCUT2D eigenvalue weighted by Gasteiger charge is 2.53. The predicted molar refractivity (Wildman–Crippen MR) is 171 cm³/mol. The van der Waals surface area contributed by atoms with Gasteiger partial charge in [-0.2, -0.15) is 0 Å². The molecule has 11 heteroatoms. The van der Waals surface area contributed by atoms with Crippen molar-refractivity contribution in [1.82, 2.24) is 34.9 Å². The molecule has 2 saturated carbocycles. The average molecular weight is 631 g/mol. The molecule has 3 aromatic rings. The molecule has 2 atom stereocenters. The van der Waals surface area contributed by atoms with Crippen molar-refractivity contribution in [3.63, 3.8) is 0 Å². The molecule has 3 saturated heterocycles. The van der Waals surface area contributed by atoms with Crippen molar-refractivity contribution in [2.24, 2.45) is 17.3 Å². The predicted octanol–water partition coefficient (Wildman–Crippen LogP) is 5.89. The SMILES string of the molecule is CC(C)[C@H](C1CC(N2CCC[C@H](F)C2)C1)N1CC2(CCN(c3ncnnc3Oc3ccc(F)cc3-c3cncnc3C3CC3)C2)C1. The zero-order chi connectivity index (χ0) is 31.4. The van der Waals surface area contributed by atoms with Gasteiger partial charge in [0, 0.05) is 73.5 Å². The van der Waals surface area contributed by atoms with Gasteiger partial charge >= 0.3 is 0 Å². The van der Waals surface area contributed by atoms with Crippen LogP contribution in [-0.2, 0) is 0 Å². The van der Waals surface area contributed by atoms with Crippen LogP contribution in [0.2, 0.25) is 0 Å². The summed E-state index contributed by atoms with van der Waals surface area (Å²) >= 11 is 0. The Labute approximate surface area is 269 Å². The number of piperidine rings is 1. The van der Waals surface area contributed by atoms with E-state index in [1.165, 1.54) is 31.3 Å². The van der Waals surface area contributed by atoms with Gasteiger partial charge in [-0.15, -0.1) is 10.2 Å². The van der Waals surface area contributed by atoms with Crippen LogP contribution >= 0.6 is 0 Å². The molecular formula is C35H44F2N8O. The second-order valence-corrected chi connectivity index (χ2v) is 14.9. The summed E-state index contributed by atoms with van der Waals surface area (Å²) < 4.78 is 35.0. The van der Waals surface area contributed by atoms with Crippen LogP contribution in [0.3, 0.4) is 0 Å². The molecule has 5 fully saturated rings. The molecule has 9 nitrogen and oxygen atoms in total. The summed E-state index contributed by atoms with van der Waals surface area (Å²) in [6.07, 6.45) is 11.4. The van der Waals surface area contributed by atoms with E-state index in [1.807, 2.05) is 0 Å². The Morgan fingerprint density at radius 2 is 1.85 bits per heavy atom. The quantitative estimate of drug-likeness (QED) is 0.288. The second-order valence-electron chi connectivity index (χ2n) is 14.9. The Morgan fingerprint density at radius 1 is 1.00 bits per heavy atom. The highest BCUT2D eigenvalue weighted by atomic mass is 19.1. The van der Waals surface area contributed by atoms with E-state index >= 15 is 0 Å². The Balaban J connectivity index is 0.947. The van der Waals surface area contributed by atoms with Gasteiger partial charge in [-0.1, -0.05) is 13.8 Å². The summed E-state index contributed by atoms with van der Waals surface area (Å²) in [6, 6.07) is 5.65. The number of likely N-dealkylation sites (tertiary alicyclic amines) is 2. The van der Waals surface area contributed by atoms with Crippen molar-refractivity contribution in [3.8, 4) is 22.8 Å². The lowest BCUT2D eigenvalue weighted by Crippen LogP contribution is -2.65. The van der Waals surface area contributed by atoms with Crippen LogP contribution in [0.15, 0.2) is 37.1 Å². The lowest BCUT2D eigenvalue weighted by atomic mass is 9.68. The van der Waals surface area contributed by atoms with Crippen LogP contribution in [0.5, 0.6) is 11.6 Å². The normalized spacial score (nSPS) is 27.1. The summed E-state index contributed by atoms with van der Waals surface area (Å²) in [7, 11) is 0. The van der Waals surface area contributed by atoms with Crippen molar-refractivity contribution in [2.75, 3.05) is 44.2 Å². The monoisotopic (exact) mass is 630 g/mol. The number of halogens is 2. The Hall–Kier alpha value is -3.31. The molecule has 46 heavy (non-hydrogen) atoms. The Morgan fingerprint density at radius 3 is 2.63 bits per heavy atom. The van der Waals surface area contributed by atoms with Crippen LogP contribution < -0.4 is 9.64 Å². The maximum atomic E-state index is 14.5. The fourth-order valence-corrected chi connectivity index (χ4v) is 8.83. The molecule has 2 aromatic heterocycles. The maximum absolute atomic E-state index is 14.5. The fraction of sp³-hybridized carbons (Fsp3) is 0.629. The summed E-state index contributed by atoms with van der Waals surface area (Å²) in [6.45, 7) is 10.3. The zero-order valence-electron chi connectivity index (χ0n) is 26.9. The van der Waals surface area contributed by atoms with Crippen LogP contribution in [-0.4, -0.2) is 92.5 Å². The molecule has 0 amide bonds. The Bertz CT molecular complexity index is 1560. The molecule has 0 N–H and O–H groups in total. The number of rotatable bonds is 9. The van der Waals surface area contributed by atoms with Crippen LogP contribution in [0.1, 0.15) is 70.4 Å². The molecule has 0 bridgehead atoms. The number of anilines is 1. The van der Waals surface area contributed by atoms with Crippen LogP contribution in [0, 0.1) is 23.1 Å². The summed E-state index contributed by atoms with van der Waals surface area (Å²) in [5.41, 5.74) is 2.53. The molecule has 2 aliphatic carbocycles.